The quantitative estimate of drug-likeness (QED) is 0.640. The second kappa shape index (κ2) is 8.70. The van der Waals surface area contributed by atoms with Crippen molar-refractivity contribution in [2.45, 2.75) is 39.5 Å². The van der Waals surface area contributed by atoms with Crippen molar-refractivity contribution in [3.8, 4) is 0 Å². The highest BCUT2D eigenvalue weighted by molar-refractivity contribution is 7.89. The Bertz CT molecular complexity index is 419. The number of primary sulfonamides is 1. The van der Waals surface area contributed by atoms with Gasteiger partial charge in [-0.2, -0.15) is 0 Å². The molecule has 1 rings (SSSR count). The van der Waals surface area contributed by atoms with Gasteiger partial charge in [0, 0.05) is 25.4 Å². The van der Waals surface area contributed by atoms with E-state index in [1.54, 1.807) is 4.90 Å². The van der Waals surface area contributed by atoms with E-state index in [1.165, 1.54) is 0 Å². The molecule has 0 aliphatic carbocycles. The number of nitrogens with two attached hydrogens (primary N) is 1. The van der Waals surface area contributed by atoms with Crippen molar-refractivity contribution in [2.24, 2.45) is 11.1 Å². The number of sulfonamides is 1. The number of nitrogens with zero attached hydrogens (tertiary/aromatic N) is 2. The summed E-state index contributed by atoms with van der Waals surface area (Å²) in [6, 6.07) is 0. The second-order valence-corrected chi connectivity index (χ2v) is 7.59. The van der Waals surface area contributed by atoms with Crippen molar-refractivity contribution in [2.75, 3.05) is 38.5 Å². The van der Waals surface area contributed by atoms with Crippen molar-refractivity contribution < 1.29 is 13.2 Å². The van der Waals surface area contributed by atoms with E-state index >= 15 is 0 Å². The van der Waals surface area contributed by atoms with Gasteiger partial charge in [0.15, 0.2) is 0 Å². The predicted octanol–water partition coefficient (Wildman–Crippen LogP) is 0.636. The molecule has 1 saturated heterocycles. The summed E-state index contributed by atoms with van der Waals surface area (Å²) in [5.74, 6) is -0.177. The molecule has 0 saturated carbocycles. The molecule has 1 heterocycles. The fourth-order valence-electron chi connectivity index (χ4n) is 2.96. The Labute approximate surface area is 128 Å². The molecule has 1 amide bonds. The fraction of sp³-hybridized carbons (Fsp3) is 0.929. The summed E-state index contributed by atoms with van der Waals surface area (Å²) in [7, 11) is -3.49. The summed E-state index contributed by atoms with van der Waals surface area (Å²) in [4.78, 5) is 16.1. The molecule has 124 valence electrons. The fourth-order valence-corrected chi connectivity index (χ4v) is 3.84. The van der Waals surface area contributed by atoms with Gasteiger partial charge in [0.05, 0.1) is 5.75 Å². The van der Waals surface area contributed by atoms with E-state index in [4.69, 9.17) is 5.14 Å². The molecule has 6 nitrogen and oxygen atoms in total. The standard InChI is InChI=1S/C14H29N3O3S/c1-3-6-16(7-4-2)8-5-9-17-11-13(10-14(17)18)12-21(15,19)20/h13H,3-12H2,1-2H3,(H2,15,19,20). The lowest BCUT2D eigenvalue weighted by Gasteiger charge is -2.23. The van der Waals surface area contributed by atoms with Crippen LogP contribution in [-0.2, 0) is 14.8 Å². The van der Waals surface area contributed by atoms with Crippen LogP contribution in [0.2, 0.25) is 0 Å². The summed E-state index contributed by atoms with van der Waals surface area (Å²) in [6.45, 7) is 8.76. The van der Waals surface area contributed by atoms with Gasteiger partial charge in [0.25, 0.3) is 0 Å². The van der Waals surface area contributed by atoms with Crippen LogP contribution in [0.25, 0.3) is 0 Å². The van der Waals surface area contributed by atoms with Gasteiger partial charge in [-0.15, -0.1) is 0 Å². The largest absolute Gasteiger partial charge is 0.342 e. The molecule has 0 aromatic carbocycles. The molecule has 1 atom stereocenters. The number of hydrogen-bond acceptors (Lipinski definition) is 4. The minimum atomic E-state index is -3.49. The molecule has 0 spiro atoms. The molecular weight excluding hydrogens is 290 g/mol. The summed E-state index contributed by atoms with van der Waals surface area (Å²) < 4.78 is 22.2. The van der Waals surface area contributed by atoms with Gasteiger partial charge in [0.2, 0.25) is 15.9 Å². The van der Waals surface area contributed by atoms with E-state index in [2.05, 4.69) is 18.7 Å². The van der Waals surface area contributed by atoms with Crippen LogP contribution in [-0.4, -0.2) is 62.6 Å². The third-order valence-electron chi connectivity index (χ3n) is 3.74. The topological polar surface area (TPSA) is 83.7 Å². The highest BCUT2D eigenvalue weighted by atomic mass is 32.2. The van der Waals surface area contributed by atoms with Crippen LogP contribution in [0.4, 0.5) is 0 Å². The number of hydrogen-bond donors (Lipinski definition) is 1. The smallest absolute Gasteiger partial charge is 0.222 e. The van der Waals surface area contributed by atoms with Gasteiger partial charge in [-0.1, -0.05) is 13.8 Å². The van der Waals surface area contributed by atoms with Crippen LogP contribution in [0.1, 0.15) is 39.5 Å². The van der Waals surface area contributed by atoms with E-state index in [9.17, 15) is 13.2 Å². The molecular formula is C14H29N3O3S. The Balaban J connectivity index is 2.33. The van der Waals surface area contributed by atoms with Crippen LogP contribution in [0.3, 0.4) is 0 Å². The van der Waals surface area contributed by atoms with E-state index in [0.29, 0.717) is 19.5 Å². The molecule has 2 N–H and O–H groups in total. The SMILES string of the molecule is CCCN(CCC)CCCN1CC(CS(N)(=O)=O)CC1=O. The second-order valence-electron chi connectivity index (χ2n) is 5.93. The Morgan fingerprint density at radius 2 is 1.86 bits per heavy atom. The first kappa shape index (κ1) is 18.4. The summed E-state index contributed by atoms with van der Waals surface area (Å²) in [5, 5.41) is 5.05. The van der Waals surface area contributed by atoms with E-state index in [0.717, 1.165) is 38.9 Å². The van der Waals surface area contributed by atoms with Crippen LogP contribution in [0.5, 0.6) is 0 Å². The van der Waals surface area contributed by atoms with Gasteiger partial charge in [-0.25, -0.2) is 13.6 Å². The summed E-state index contributed by atoms with van der Waals surface area (Å²) in [6.07, 6.45) is 3.52. The minimum Gasteiger partial charge on any atom is -0.342 e. The van der Waals surface area contributed by atoms with Crippen molar-refractivity contribution >= 4 is 15.9 Å². The molecule has 1 unspecified atom stereocenters. The highest BCUT2D eigenvalue weighted by Gasteiger charge is 2.31. The first-order valence-corrected chi connectivity index (χ1v) is 9.57. The molecule has 1 fully saturated rings. The molecule has 21 heavy (non-hydrogen) atoms. The molecule has 0 radical (unpaired) electrons. The summed E-state index contributed by atoms with van der Waals surface area (Å²) >= 11 is 0. The average molecular weight is 319 g/mol. The van der Waals surface area contributed by atoms with Crippen LogP contribution in [0, 0.1) is 5.92 Å². The zero-order valence-electron chi connectivity index (χ0n) is 13.3. The Kier molecular flexibility index (Phi) is 7.62. The van der Waals surface area contributed by atoms with Crippen LogP contribution < -0.4 is 5.14 Å². The van der Waals surface area contributed by atoms with Gasteiger partial charge in [-0.3, -0.25) is 4.79 Å². The molecule has 1 aliphatic heterocycles. The summed E-state index contributed by atoms with van der Waals surface area (Å²) in [5.41, 5.74) is 0. The average Bonchev–Trinajstić information content (AvgIpc) is 2.67. The third kappa shape index (κ3) is 7.24. The number of rotatable bonds is 10. The first-order valence-electron chi connectivity index (χ1n) is 7.86. The van der Waals surface area contributed by atoms with Gasteiger partial charge < -0.3 is 9.80 Å². The Morgan fingerprint density at radius 1 is 1.24 bits per heavy atom. The third-order valence-corrected chi connectivity index (χ3v) is 4.68. The van der Waals surface area contributed by atoms with Crippen molar-refractivity contribution in [1.82, 2.24) is 9.80 Å². The minimum absolute atomic E-state index is 0.0567. The maximum Gasteiger partial charge on any atom is 0.222 e. The Morgan fingerprint density at radius 3 is 2.38 bits per heavy atom. The van der Waals surface area contributed by atoms with Gasteiger partial charge in [-0.05, 0) is 38.9 Å². The molecule has 1 aliphatic rings. The van der Waals surface area contributed by atoms with E-state index in [-0.39, 0.29) is 17.6 Å². The van der Waals surface area contributed by atoms with Crippen LogP contribution >= 0.6 is 0 Å². The maximum absolute atomic E-state index is 11.9. The number of carbonyl (C=O) groups is 1. The lowest BCUT2D eigenvalue weighted by molar-refractivity contribution is -0.127. The normalized spacial score (nSPS) is 19.7. The van der Waals surface area contributed by atoms with E-state index in [1.807, 2.05) is 0 Å². The van der Waals surface area contributed by atoms with Crippen molar-refractivity contribution in [3.05, 3.63) is 0 Å². The van der Waals surface area contributed by atoms with Crippen molar-refractivity contribution in [1.29, 1.82) is 0 Å². The lowest BCUT2D eigenvalue weighted by Crippen LogP contribution is -2.32. The molecule has 0 aromatic heterocycles. The number of carbonyl (C=O) groups excluding carboxylic acids is 1. The van der Waals surface area contributed by atoms with Gasteiger partial charge in [0.1, 0.15) is 0 Å². The zero-order chi connectivity index (χ0) is 15.9. The Hall–Kier alpha value is -0.660. The maximum atomic E-state index is 11.9. The first-order chi connectivity index (χ1) is 9.85. The predicted molar refractivity (Wildman–Crippen MR) is 84.3 cm³/mol. The number of likely N-dealkylation sites (tertiary alicyclic amines) is 1. The van der Waals surface area contributed by atoms with Crippen LogP contribution in [0.15, 0.2) is 0 Å². The highest BCUT2D eigenvalue weighted by Crippen LogP contribution is 2.19. The van der Waals surface area contributed by atoms with Gasteiger partial charge >= 0.3 is 0 Å². The molecule has 7 heteroatoms. The molecule has 0 bridgehead atoms. The lowest BCUT2D eigenvalue weighted by atomic mass is 10.1. The van der Waals surface area contributed by atoms with Crippen molar-refractivity contribution in [3.63, 3.8) is 0 Å². The molecule has 0 aromatic rings. The monoisotopic (exact) mass is 319 g/mol. The van der Waals surface area contributed by atoms with E-state index < -0.39 is 10.0 Å². The number of amides is 1. The zero-order valence-corrected chi connectivity index (χ0v) is 14.1.